The molecule has 0 radical (unpaired) electrons. The number of anilines is 1. The average molecular weight is 224 g/mol. The molecule has 0 fully saturated rings. The van der Waals surface area contributed by atoms with Crippen molar-refractivity contribution in [3.63, 3.8) is 0 Å². The summed E-state index contributed by atoms with van der Waals surface area (Å²) in [5.41, 5.74) is 4.87. The van der Waals surface area contributed by atoms with Crippen molar-refractivity contribution in [3.05, 3.63) is 48.2 Å². The lowest BCUT2D eigenvalue weighted by Gasteiger charge is -2.43. The molecule has 0 atom stereocenters. The third kappa shape index (κ3) is 1.30. The van der Waals surface area contributed by atoms with Crippen molar-refractivity contribution in [2.75, 3.05) is 11.9 Å². The minimum absolute atomic E-state index is 0.0159. The molecule has 0 amide bonds. The van der Waals surface area contributed by atoms with Gasteiger partial charge in [-0.2, -0.15) is 0 Å². The van der Waals surface area contributed by atoms with Gasteiger partial charge in [-0.25, -0.2) is 0 Å². The summed E-state index contributed by atoms with van der Waals surface area (Å²) in [5, 5.41) is 0. The van der Waals surface area contributed by atoms with Crippen LogP contribution in [0.5, 0.6) is 0 Å². The molecule has 0 saturated carbocycles. The van der Waals surface area contributed by atoms with Crippen molar-refractivity contribution < 1.29 is 0 Å². The topological polar surface area (TPSA) is 16.1 Å². The molecule has 2 aromatic rings. The standard InChI is InChI=1S/C15H16N2/c1-15(2)12-8-6-10-16-14(12)11-7-4-5-9-13(11)17(15)3/h4-10H,1-3H3. The van der Waals surface area contributed by atoms with Gasteiger partial charge in [0, 0.05) is 30.1 Å². The summed E-state index contributed by atoms with van der Waals surface area (Å²) in [5.74, 6) is 0. The molecule has 17 heavy (non-hydrogen) atoms. The molecule has 2 heterocycles. The Kier molecular flexibility index (Phi) is 2.02. The first-order valence-corrected chi connectivity index (χ1v) is 5.91. The van der Waals surface area contributed by atoms with Crippen molar-refractivity contribution in [1.82, 2.24) is 4.98 Å². The number of aromatic nitrogens is 1. The molecule has 1 aromatic carbocycles. The zero-order chi connectivity index (χ0) is 12.0. The van der Waals surface area contributed by atoms with Gasteiger partial charge >= 0.3 is 0 Å². The van der Waals surface area contributed by atoms with E-state index in [1.807, 2.05) is 12.3 Å². The van der Waals surface area contributed by atoms with Crippen LogP contribution in [-0.2, 0) is 5.54 Å². The highest BCUT2D eigenvalue weighted by Crippen LogP contribution is 2.45. The van der Waals surface area contributed by atoms with E-state index in [1.165, 1.54) is 16.8 Å². The fraction of sp³-hybridized carbons (Fsp3) is 0.267. The highest BCUT2D eigenvalue weighted by molar-refractivity contribution is 5.83. The number of hydrogen-bond donors (Lipinski definition) is 0. The molecule has 1 aromatic heterocycles. The molecule has 0 N–H and O–H groups in total. The second-order valence-corrected chi connectivity index (χ2v) is 5.03. The van der Waals surface area contributed by atoms with Crippen molar-refractivity contribution in [3.8, 4) is 11.3 Å². The third-order valence-corrected chi connectivity index (χ3v) is 3.83. The first-order valence-electron chi connectivity index (χ1n) is 5.91. The molecule has 0 bridgehead atoms. The molecule has 2 heteroatoms. The van der Waals surface area contributed by atoms with Gasteiger partial charge in [0.1, 0.15) is 0 Å². The zero-order valence-electron chi connectivity index (χ0n) is 10.4. The molecule has 86 valence electrons. The van der Waals surface area contributed by atoms with E-state index in [4.69, 9.17) is 0 Å². The monoisotopic (exact) mass is 224 g/mol. The van der Waals surface area contributed by atoms with Crippen molar-refractivity contribution in [2.45, 2.75) is 19.4 Å². The van der Waals surface area contributed by atoms with Crippen LogP contribution in [0.25, 0.3) is 11.3 Å². The summed E-state index contributed by atoms with van der Waals surface area (Å²) in [6, 6.07) is 12.7. The van der Waals surface area contributed by atoms with Gasteiger partial charge in [-0.1, -0.05) is 24.3 Å². The minimum atomic E-state index is -0.0159. The number of rotatable bonds is 0. The van der Waals surface area contributed by atoms with Crippen molar-refractivity contribution in [1.29, 1.82) is 0 Å². The van der Waals surface area contributed by atoms with Crippen LogP contribution < -0.4 is 4.90 Å². The predicted molar refractivity (Wildman–Crippen MR) is 71.1 cm³/mol. The molecule has 2 nitrogen and oxygen atoms in total. The summed E-state index contributed by atoms with van der Waals surface area (Å²) < 4.78 is 0. The van der Waals surface area contributed by atoms with Crippen molar-refractivity contribution >= 4 is 5.69 Å². The van der Waals surface area contributed by atoms with Gasteiger partial charge in [0.15, 0.2) is 0 Å². The Balaban J connectivity index is 2.37. The normalized spacial score (nSPS) is 16.3. The Hall–Kier alpha value is -1.83. The predicted octanol–water partition coefficient (Wildman–Crippen LogP) is 3.43. The van der Waals surface area contributed by atoms with E-state index in [2.05, 4.69) is 61.1 Å². The number of hydrogen-bond acceptors (Lipinski definition) is 2. The van der Waals surface area contributed by atoms with E-state index < -0.39 is 0 Å². The first kappa shape index (κ1) is 10.3. The second-order valence-electron chi connectivity index (χ2n) is 5.03. The van der Waals surface area contributed by atoms with Crippen LogP contribution in [0, 0.1) is 0 Å². The fourth-order valence-electron chi connectivity index (χ4n) is 2.56. The maximum Gasteiger partial charge on any atom is 0.0778 e. The first-order chi connectivity index (χ1) is 8.12. The van der Waals surface area contributed by atoms with Gasteiger partial charge in [0.05, 0.1) is 11.2 Å². The van der Waals surface area contributed by atoms with E-state index in [0.29, 0.717) is 0 Å². The summed E-state index contributed by atoms with van der Waals surface area (Å²) in [7, 11) is 2.15. The Bertz CT molecular complexity index is 573. The lowest BCUT2D eigenvalue weighted by atomic mass is 9.84. The third-order valence-electron chi connectivity index (χ3n) is 3.83. The highest BCUT2D eigenvalue weighted by Gasteiger charge is 2.35. The van der Waals surface area contributed by atoms with Gasteiger partial charge in [0.2, 0.25) is 0 Å². The zero-order valence-corrected chi connectivity index (χ0v) is 10.4. The second kappa shape index (κ2) is 3.33. The summed E-state index contributed by atoms with van der Waals surface area (Å²) >= 11 is 0. The number of fused-ring (bicyclic) bond motifs is 3. The van der Waals surface area contributed by atoms with E-state index >= 15 is 0 Å². The summed E-state index contributed by atoms with van der Waals surface area (Å²) in [4.78, 5) is 6.89. The molecule has 0 unspecified atom stereocenters. The Morgan fingerprint density at radius 1 is 1.06 bits per heavy atom. The molecule has 3 rings (SSSR count). The molecule has 0 saturated heterocycles. The largest absolute Gasteiger partial charge is 0.365 e. The lowest BCUT2D eigenvalue weighted by Crippen LogP contribution is -2.41. The van der Waals surface area contributed by atoms with Gasteiger partial charge in [-0.15, -0.1) is 0 Å². The maximum atomic E-state index is 4.56. The van der Waals surface area contributed by atoms with Crippen LogP contribution in [0.15, 0.2) is 42.6 Å². The Labute approximate surface area is 102 Å². The minimum Gasteiger partial charge on any atom is -0.365 e. The molecule has 0 aliphatic carbocycles. The fourth-order valence-corrected chi connectivity index (χ4v) is 2.56. The van der Waals surface area contributed by atoms with Gasteiger partial charge in [-0.05, 0) is 26.0 Å². The molecule has 1 aliphatic heterocycles. The van der Waals surface area contributed by atoms with E-state index in [0.717, 1.165) is 5.69 Å². The average Bonchev–Trinajstić information content (AvgIpc) is 2.37. The number of pyridine rings is 1. The van der Waals surface area contributed by atoms with Gasteiger partial charge in [-0.3, -0.25) is 4.98 Å². The molecular formula is C15H16N2. The highest BCUT2D eigenvalue weighted by atomic mass is 15.2. The van der Waals surface area contributed by atoms with Gasteiger partial charge in [0.25, 0.3) is 0 Å². The van der Waals surface area contributed by atoms with E-state index in [9.17, 15) is 0 Å². The van der Waals surface area contributed by atoms with Crippen LogP contribution >= 0.6 is 0 Å². The number of para-hydroxylation sites is 1. The number of benzene rings is 1. The van der Waals surface area contributed by atoms with Crippen LogP contribution in [0.2, 0.25) is 0 Å². The quantitative estimate of drug-likeness (QED) is 0.681. The molecular weight excluding hydrogens is 208 g/mol. The van der Waals surface area contributed by atoms with Crippen LogP contribution in [0.1, 0.15) is 19.4 Å². The van der Waals surface area contributed by atoms with E-state index in [-0.39, 0.29) is 5.54 Å². The van der Waals surface area contributed by atoms with Crippen LogP contribution in [0.4, 0.5) is 5.69 Å². The van der Waals surface area contributed by atoms with Gasteiger partial charge < -0.3 is 4.90 Å². The Morgan fingerprint density at radius 2 is 1.82 bits per heavy atom. The van der Waals surface area contributed by atoms with Crippen LogP contribution in [0.3, 0.4) is 0 Å². The van der Waals surface area contributed by atoms with E-state index in [1.54, 1.807) is 0 Å². The maximum absolute atomic E-state index is 4.56. The molecule has 0 spiro atoms. The van der Waals surface area contributed by atoms with Crippen LogP contribution in [-0.4, -0.2) is 12.0 Å². The smallest absolute Gasteiger partial charge is 0.0778 e. The molecule has 1 aliphatic rings. The SMILES string of the molecule is CN1c2ccccc2-c2ncccc2C1(C)C. The summed E-state index contributed by atoms with van der Waals surface area (Å²) in [6.07, 6.45) is 1.87. The van der Waals surface area contributed by atoms with Crippen molar-refractivity contribution in [2.24, 2.45) is 0 Å². The summed E-state index contributed by atoms with van der Waals surface area (Å²) in [6.45, 7) is 4.48. The number of nitrogens with zero attached hydrogens (tertiary/aromatic N) is 2. The lowest BCUT2D eigenvalue weighted by molar-refractivity contribution is 0.508. The Morgan fingerprint density at radius 3 is 2.65 bits per heavy atom.